The van der Waals surface area contributed by atoms with Gasteiger partial charge in [-0.05, 0) is 73.7 Å². The van der Waals surface area contributed by atoms with Gasteiger partial charge in [-0.3, -0.25) is 9.59 Å². The first-order valence-electron chi connectivity index (χ1n) is 12.0. The van der Waals surface area contributed by atoms with Crippen LogP contribution < -0.4 is 0 Å². The largest absolute Gasteiger partial charge is 0.383 e. The van der Waals surface area contributed by atoms with Crippen molar-refractivity contribution in [2.24, 2.45) is 5.92 Å². The minimum atomic E-state index is -0.213. The van der Waals surface area contributed by atoms with Gasteiger partial charge < -0.3 is 14.6 Å². The first kappa shape index (κ1) is 27.2. The molecule has 0 aromatic carbocycles. The molecule has 1 aliphatic rings. The highest BCUT2D eigenvalue weighted by Crippen LogP contribution is 2.21. The summed E-state index contributed by atoms with van der Waals surface area (Å²) in [5, 5.41) is 0. The minimum absolute atomic E-state index is 0.127. The molecule has 1 aromatic rings. The predicted octanol–water partition coefficient (Wildman–Crippen LogP) is 5.56. The van der Waals surface area contributed by atoms with Crippen molar-refractivity contribution < 1.29 is 14.3 Å². The van der Waals surface area contributed by atoms with Gasteiger partial charge >= 0.3 is 0 Å². The number of nitrogens with one attached hydrogen (secondary N) is 1. The molecule has 1 aromatic heterocycles. The Bertz CT molecular complexity index is 946. The Labute approximate surface area is 204 Å². The second-order valence-electron chi connectivity index (χ2n) is 8.34. The molecule has 0 aliphatic heterocycles. The lowest BCUT2D eigenvalue weighted by Gasteiger charge is -2.21. The average molecular weight is 463 g/mol. The van der Waals surface area contributed by atoms with E-state index < -0.39 is 0 Å². The standard InChI is InChI=1S/C29H38N2O3/c1-4-26-18-19-30-29(26)11-7-6-10-27(32)23-28(33)17-16-25-14-12-24(13-15-25)9-8-20-31(5-2)21-22-34-3/h4,6-7,10-12,14-19,24,30H,1,5,8-9,13,20-23H2,2-3H3/b10-6+,11-7+,17-16+/t24-/m1/s1. The van der Waals surface area contributed by atoms with Crippen molar-refractivity contribution in [2.75, 3.05) is 33.4 Å². The Kier molecular flexibility index (Phi) is 12.6. The van der Waals surface area contributed by atoms with E-state index in [9.17, 15) is 9.59 Å². The van der Waals surface area contributed by atoms with Gasteiger partial charge in [0.1, 0.15) is 0 Å². The maximum Gasteiger partial charge on any atom is 0.163 e. The highest BCUT2D eigenvalue weighted by atomic mass is 16.5. The topological polar surface area (TPSA) is 62.4 Å². The van der Waals surface area contributed by atoms with Crippen LogP contribution in [0.25, 0.3) is 12.2 Å². The Morgan fingerprint density at radius 3 is 2.74 bits per heavy atom. The number of carbonyl (C=O) groups is 2. The van der Waals surface area contributed by atoms with Crippen molar-refractivity contribution in [2.45, 2.75) is 32.6 Å². The number of methoxy groups -OCH3 is 1. The quantitative estimate of drug-likeness (QED) is 0.198. The van der Waals surface area contributed by atoms with Crippen LogP contribution in [0.4, 0.5) is 0 Å². The lowest BCUT2D eigenvalue weighted by atomic mass is 9.92. The Hall–Kier alpha value is -3.02. The van der Waals surface area contributed by atoms with Crippen LogP contribution in [0.1, 0.15) is 43.9 Å². The summed E-state index contributed by atoms with van der Waals surface area (Å²) >= 11 is 0. The fourth-order valence-electron chi connectivity index (χ4n) is 3.75. The highest BCUT2D eigenvalue weighted by Gasteiger charge is 2.10. The van der Waals surface area contributed by atoms with E-state index in [0.717, 1.165) is 62.3 Å². The lowest BCUT2D eigenvalue weighted by molar-refractivity contribution is -0.121. The number of aromatic nitrogens is 1. The predicted molar refractivity (Wildman–Crippen MR) is 141 cm³/mol. The van der Waals surface area contributed by atoms with Crippen molar-refractivity contribution >= 4 is 23.7 Å². The Balaban J connectivity index is 1.68. The van der Waals surface area contributed by atoms with Crippen LogP contribution >= 0.6 is 0 Å². The molecule has 0 unspecified atom stereocenters. The third kappa shape index (κ3) is 10.3. The molecule has 0 spiro atoms. The number of likely N-dealkylation sites (N-methyl/N-ethyl adjacent to an activating group) is 1. The van der Waals surface area contributed by atoms with Gasteiger partial charge in [-0.25, -0.2) is 0 Å². The highest BCUT2D eigenvalue weighted by molar-refractivity contribution is 6.08. The summed E-state index contributed by atoms with van der Waals surface area (Å²) in [6, 6.07) is 1.93. The summed E-state index contributed by atoms with van der Waals surface area (Å²) in [6.07, 6.45) is 23.3. The van der Waals surface area contributed by atoms with Gasteiger partial charge in [0, 0.05) is 25.5 Å². The van der Waals surface area contributed by atoms with Gasteiger partial charge in [0.15, 0.2) is 11.6 Å². The maximum atomic E-state index is 12.1. The number of ketones is 2. The van der Waals surface area contributed by atoms with E-state index in [1.807, 2.05) is 18.3 Å². The summed E-state index contributed by atoms with van der Waals surface area (Å²) in [4.78, 5) is 29.7. The number of H-pyrrole nitrogens is 1. The number of allylic oxidation sites excluding steroid dienone is 9. The molecule has 1 heterocycles. The summed E-state index contributed by atoms with van der Waals surface area (Å²) in [6.45, 7) is 9.83. The Morgan fingerprint density at radius 2 is 2.03 bits per heavy atom. The molecule has 1 N–H and O–H groups in total. The third-order valence-electron chi connectivity index (χ3n) is 5.82. The van der Waals surface area contributed by atoms with Crippen molar-refractivity contribution in [3.05, 3.63) is 84.3 Å². The smallest absolute Gasteiger partial charge is 0.163 e. The van der Waals surface area contributed by atoms with E-state index in [1.165, 1.54) is 12.2 Å². The molecule has 0 saturated carbocycles. The third-order valence-corrected chi connectivity index (χ3v) is 5.82. The van der Waals surface area contributed by atoms with Gasteiger partial charge in [0.05, 0.1) is 13.0 Å². The molecule has 34 heavy (non-hydrogen) atoms. The monoisotopic (exact) mass is 462 g/mol. The average Bonchev–Trinajstić information content (AvgIpc) is 3.31. The molecule has 5 heteroatoms. The zero-order valence-corrected chi connectivity index (χ0v) is 20.5. The van der Waals surface area contributed by atoms with Crippen LogP contribution in [-0.2, 0) is 14.3 Å². The van der Waals surface area contributed by atoms with Crippen LogP contribution in [0.3, 0.4) is 0 Å². The van der Waals surface area contributed by atoms with E-state index in [0.29, 0.717) is 5.92 Å². The molecule has 0 bridgehead atoms. The second-order valence-corrected chi connectivity index (χ2v) is 8.34. The number of nitrogens with zero attached hydrogens (tertiary/aromatic N) is 1. The van der Waals surface area contributed by atoms with E-state index in [1.54, 1.807) is 31.4 Å². The first-order valence-corrected chi connectivity index (χ1v) is 12.0. The van der Waals surface area contributed by atoms with E-state index >= 15 is 0 Å². The van der Waals surface area contributed by atoms with Gasteiger partial charge in [-0.2, -0.15) is 0 Å². The number of ether oxygens (including phenoxy) is 1. The first-order chi connectivity index (χ1) is 16.5. The van der Waals surface area contributed by atoms with Crippen molar-refractivity contribution in [3.8, 4) is 0 Å². The van der Waals surface area contributed by atoms with Crippen molar-refractivity contribution in [1.29, 1.82) is 0 Å². The molecule has 1 atom stereocenters. The fourth-order valence-corrected chi connectivity index (χ4v) is 3.75. The minimum Gasteiger partial charge on any atom is -0.383 e. The van der Waals surface area contributed by atoms with Gasteiger partial charge in [-0.1, -0.05) is 56.0 Å². The van der Waals surface area contributed by atoms with Crippen LogP contribution in [0, 0.1) is 5.92 Å². The number of hydrogen-bond donors (Lipinski definition) is 1. The van der Waals surface area contributed by atoms with Crippen LogP contribution in [0.15, 0.2) is 73.0 Å². The summed E-state index contributed by atoms with van der Waals surface area (Å²) in [5.41, 5.74) is 2.94. The number of rotatable bonds is 16. The SMILES string of the molecule is C=Cc1cc[nH]c1/C=C/C=C/C(=O)CC(=O)/C=C/C1=CC[C@H](CCCN(CC)CCOC)C=C1. The van der Waals surface area contributed by atoms with E-state index in [4.69, 9.17) is 4.74 Å². The molecule has 0 saturated heterocycles. The van der Waals surface area contributed by atoms with Crippen LogP contribution in [-0.4, -0.2) is 54.8 Å². The number of carbonyl (C=O) groups excluding carboxylic acids is 2. The van der Waals surface area contributed by atoms with Crippen molar-refractivity contribution in [3.63, 3.8) is 0 Å². The second kappa shape index (κ2) is 15.8. The molecule has 0 fully saturated rings. The maximum absolute atomic E-state index is 12.1. The fraction of sp³-hybridized carbons (Fsp3) is 0.379. The van der Waals surface area contributed by atoms with Gasteiger partial charge in [0.2, 0.25) is 0 Å². The number of aromatic amines is 1. The van der Waals surface area contributed by atoms with E-state index in [2.05, 4.69) is 41.6 Å². The number of hydrogen-bond acceptors (Lipinski definition) is 4. The van der Waals surface area contributed by atoms with Crippen LogP contribution in [0.2, 0.25) is 0 Å². The zero-order valence-electron chi connectivity index (χ0n) is 20.5. The molecule has 2 rings (SSSR count). The molecule has 182 valence electrons. The summed E-state index contributed by atoms with van der Waals surface area (Å²) < 4.78 is 5.17. The zero-order chi connectivity index (χ0) is 24.6. The van der Waals surface area contributed by atoms with E-state index in [-0.39, 0.29) is 18.0 Å². The molecular weight excluding hydrogens is 424 g/mol. The summed E-state index contributed by atoms with van der Waals surface area (Å²) in [5.74, 6) is 0.140. The molecule has 5 nitrogen and oxygen atoms in total. The van der Waals surface area contributed by atoms with Crippen LogP contribution in [0.5, 0.6) is 0 Å². The summed E-state index contributed by atoms with van der Waals surface area (Å²) in [7, 11) is 1.74. The Morgan fingerprint density at radius 1 is 1.21 bits per heavy atom. The molecule has 0 radical (unpaired) electrons. The van der Waals surface area contributed by atoms with Gasteiger partial charge in [0.25, 0.3) is 0 Å². The lowest BCUT2D eigenvalue weighted by Crippen LogP contribution is -2.28. The molecule has 1 aliphatic carbocycles. The molecule has 0 amide bonds. The van der Waals surface area contributed by atoms with Gasteiger partial charge in [-0.15, -0.1) is 0 Å². The molecular formula is C29H38N2O3. The van der Waals surface area contributed by atoms with Crippen molar-refractivity contribution in [1.82, 2.24) is 9.88 Å². The normalized spacial score (nSPS) is 16.2.